The number of fused-ring (bicyclic) bond motifs is 1. The number of hydrogen-bond donors (Lipinski definition) is 1. The summed E-state index contributed by atoms with van der Waals surface area (Å²) in [5, 5.41) is 10.3. The predicted molar refractivity (Wildman–Crippen MR) is 79.5 cm³/mol. The van der Waals surface area contributed by atoms with Gasteiger partial charge in [-0.3, -0.25) is 0 Å². The lowest BCUT2D eigenvalue weighted by Crippen LogP contribution is -2.22. The SMILES string of the molecule is N#Cc1ccc2[nH]cc([C@@H]3C[C@H]3CN3CCCC3)c2c1. The molecule has 3 heteroatoms. The third-order valence-electron chi connectivity index (χ3n) is 4.86. The Morgan fingerprint density at radius 1 is 1.30 bits per heavy atom. The van der Waals surface area contributed by atoms with Crippen molar-refractivity contribution in [3.05, 3.63) is 35.5 Å². The van der Waals surface area contributed by atoms with Crippen molar-refractivity contribution in [3.8, 4) is 6.07 Å². The molecule has 1 saturated heterocycles. The average molecular weight is 265 g/mol. The van der Waals surface area contributed by atoms with Gasteiger partial charge < -0.3 is 9.88 Å². The highest BCUT2D eigenvalue weighted by Crippen LogP contribution is 2.50. The van der Waals surface area contributed by atoms with Crippen molar-refractivity contribution in [1.82, 2.24) is 9.88 Å². The second-order valence-electron chi connectivity index (χ2n) is 6.23. The van der Waals surface area contributed by atoms with E-state index in [-0.39, 0.29) is 0 Å². The minimum atomic E-state index is 0.693. The standard InChI is InChI=1S/C17H19N3/c18-9-12-3-4-17-15(7-12)16(10-19-17)14-8-13(14)11-20-5-1-2-6-20/h3-4,7,10,13-14,19H,1-2,5-6,8,11H2/t13-,14+/m0/s1. The molecule has 1 saturated carbocycles. The molecule has 102 valence electrons. The van der Waals surface area contributed by atoms with Crippen LogP contribution in [0.3, 0.4) is 0 Å². The molecule has 2 aliphatic rings. The van der Waals surface area contributed by atoms with Gasteiger partial charge in [-0.1, -0.05) is 0 Å². The third kappa shape index (κ3) is 2.01. The number of nitrogens with one attached hydrogen (secondary N) is 1. The first-order chi connectivity index (χ1) is 9.85. The van der Waals surface area contributed by atoms with E-state index in [2.05, 4.69) is 22.1 Å². The summed E-state index contributed by atoms with van der Waals surface area (Å²) in [6.07, 6.45) is 6.20. The van der Waals surface area contributed by atoms with Crippen LogP contribution in [0.25, 0.3) is 10.9 Å². The van der Waals surface area contributed by atoms with E-state index in [0.29, 0.717) is 5.92 Å². The molecule has 0 unspecified atom stereocenters. The Hall–Kier alpha value is -1.79. The minimum Gasteiger partial charge on any atom is -0.361 e. The van der Waals surface area contributed by atoms with Gasteiger partial charge in [-0.05, 0) is 68.0 Å². The number of hydrogen-bond acceptors (Lipinski definition) is 2. The van der Waals surface area contributed by atoms with Crippen molar-refractivity contribution in [2.24, 2.45) is 5.92 Å². The molecule has 4 rings (SSSR count). The number of benzene rings is 1. The first-order valence-corrected chi connectivity index (χ1v) is 7.58. The van der Waals surface area contributed by atoms with Crippen LogP contribution in [0.1, 0.15) is 36.3 Å². The lowest BCUT2D eigenvalue weighted by molar-refractivity contribution is 0.322. The van der Waals surface area contributed by atoms with Gasteiger partial charge in [0.05, 0.1) is 11.6 Å². The molecule has 2 atom stereocenters. The summed E-state index contributed by atoms with van der Waals surface area (Å²) in [5.74, 6) is 1.51. The molecule has 1 aromatic heterocycles. The maximum Gasteiger partial charge on any atom is 0.0991 e. The first-order valence-electron chi connectivity index (χ1n) is 7.58. The Bertz CT molecular complexity index is 673. The molecule has 0 amide bonds. The molecule has 1 aromatic carbocycles. The van der Waals surface area contributed by atoms with E-state index < -0.39 is 0 Å². The predicted octanol–water partition coefficient (Wildman–Crippen LogP) is 3.24. The molecule has 1 aliphatic heterocycles. The van der Waals surface area contributed by atoms with E-state index in [1.807, 2.05) is 18.2 Å². The molecular weight excluding hydrogens is 246 g/mol. The van der Waals surface area contributed by atoms with Gasteiger partial charge in [-0.2, -0.15) is 5.26 Å². The molecule has 0 radical (unpaired) electrons. The fourth-order valence-corrected chi connectivity index (χ4v) is 3.65. The smallest absolute Gasteiger partial charge is 0.0991 e. The molecule has 1 N–H and O–H groups in total. The van der Waals surface area contributed by atoms with E-state index in [1.165, 1.54) is 49.8 Å². The topological polar surface area (TPSA) is 42.8 Å². The van der Waals surface area contributed by atoms with Crippen LogP contribution in [0.4, 0.5) is 0 Å². The largest absolute Gasteiger partial charge is 0.361 e. The van der Waals surface area contributed by atoms with Gasteiger partial charge in [0.15, 0.2) is 0 Å². The number of likely N-dealkylation sites (tertiary alicyclic amines) is 1. The summed E-state index contributed by atoms with van der Waals surface area (Å²) in [6.45, 7) is 3.83. The molecule has 3 nitrogen and oxygen atoms in total. The highest BCUT2D eigenvalue weighted by Gasteiger charge is 2.40. The number of aromatic nitrogens is 1. The summed E-state index contributed by atoms with van der Waals surface area (Å²) < 4.78 is 0. The average Bonchev–Trinajstić information content (AvgIpc) is 2.91. The van der Waals surface area contributed by atoms with Crippen LogP contribution < -0.4 is 0 Å². The summed E-state index contributed by atoms with van der Waals surface area (Å²) >= 11 is 0. The Kier molecular flexibility index (Phi) is 2.78. The third-order valence-corrected chi connectivity index (χ3v) is 4.86. The maximum absolute atomic E-state index is 9.05. The van der Waals surface area contributed by atoms with E-state index in [1.54, 1.807) is 0 Å². The Balaban J connectivity index is 1.56. The van der Waals surface area contributed by atoms with Crippen molar-refractivity contribution >= 4 is 10.9 Å². The molecule has 0 spiro atoms. The van der Waals surface area contributed by atoms with Gasteiger partial charge in [0.2, 0.25) is 0 Å². The quantitative estimate of drug-likeness (QED) is 0.925. The second-order valence-corrected chi connectivity index (χ2v) is 6.23. The summed E-state index contributed by atoms with van der Waals surface area (Å²) in [6, 6.07) is 8.19. The van der Waals surface area contributed by atoms with Crippen LogP contribution in [0, 0.1) is 17.2 Å². The molecule has 20 heavy (non-hydrogen) atoms. The van der Waals surface area contributed by atoms with Gasteiger partial charge >= 0.3 is 0 Å². The second kappa shape index (κ2) is 4.64. The zero-order chi connectivity index (χ0) is 13.5. The summed E-state index contributed by atoms with van der Waals surface area (Å²) in [4.78, 5) is 5.96. The van der Waals surface area contributed by atoms with Crippen molar-refractivity contribution in [2.45, 2.75) is 25.2 Å². The van der Waals surface area contributed by atoms with Gasteiger partial charge in [-0.25, -0.2) is 0 Å². The van der Waals surface area contributed by atoms with E-state index in [9.17, 15) is 0 Å². The van der Waals surface area contributed by atoms with Crippen molar-refractivity contribution in [3.63, 3.8) is 0 Å². The van der Waals surface area contributed by atoms with Crippen molar-refractivity contribution in [1.29, 1.82) is 5.26 Å². The van der Waals surface area contributed by atoms with Gasteiger partial charge in [0.25, 0.3) is 0 Å². The van der Waals surface area contributed by atoms with Gasteiger partial charge in [0.1, 0.15) is 0 Å². The Labute approximate surface area is 119 Å². The van der Waals surface area contributed by atoms with E-state index >= 15 is 0 Å². The molecule has 2 heterocycles. The van der Waals surface area contributed by atoms with Crippen molar-refractivity contribution in [2.75, 3.05) is 19.6 Å². The number of H-pyrrole nitrogens is 1. The minimum absolute atomic E-state index is 0.693. The summed E-state index contributed by atoms with van der Waals surface area (Å²) in [5.41, 5.74) is 3.34. The summed E-state index contributed by atoms with van der Waals surface area (Å²) in [7, 11) is 0. The zero-order valence-corrected chi connectivity index (χ0v) is 11.6. The molecule has 2 fully saturated rings. The monoisotopic (exact) mass is 265 g/mol. The number of aromatic amines is 1. The van der Waals surface area contributed by atoms with Crippen molar-refractivity contribution < 1.29 is 0 Å². The lowest BCUT2D eigenvalue weighted by atomic mass is 10.1. The lowest BCUT2D eigenvalue weighted by Gasteiger charge is -2.13. The van der Waals surface area contributed by atoms with Crippen LogP contribution in [-0.4, -0.2) is 29.5 Å². The molecule has 0 bridgehead atoms. The number of nitriles is 1. The Morgan fingerprint density at radius 2 is 2.15 bits per heavy atom. The van der Waals surface area contributed by atoms with Crippen LogP contribution in [-0.2, 0) is 0 Å². The van der Waals surface area contributed by atoms with E-state index in [4.69, 9.17) is 5.26 Å². The van der Waals surface area contributed by atoms with Gasteiger partial charge in [-0.15, -0.1) is 0 Å². The molecule has 2 aromatic rings. The number of rotatable bonds is 3. The molecule has 1 aliphatic carbocycles. The van der Waals surface area contributed by atoms with Gasteiger partial charge in [0, 0.05) is 23.6 Å². The van der Waals surface area contributed by atoms with E-state index in [0.717, 1.165) is 17.0 Å². The molecular formula is C17H19N3. The van der Waals surface area contributed by atoms with Crippen LogP contribution in [0.15, 0.2) is 24.4 Å². The van der Waals surface area contributed by atoms with Crippen LogP contribution >= 0.6 is 0 Å². The first kappa shape index (κ1) is 12.0. The number of nitrogens with zero attached hydrogens (tertiary/aromatic N) is 2. The maximum atomic E-state index is 9.05. The fraction of sp³-hybridized carbons (Fsp3) is 0.471. The van der Waals surface area contributed by atoms with Crippen LogP contribution in [0.5, 0.6) is 0 Å². The highest BCUT2D eigenvalue weighted by atomic mass is 15.1. The highest BCUT2D eigenvalue weighted by molar-refractivity contribution is 5.85. The van der Waals surface area contributed by atoms with Crippen LogP contribution in [0.2, 0.25) is 0 Å². The zero-order valence-electron chi connectivity index (χ0n) is 11.6. The Morgan fingerprint density at radius 3 is 2.95 bits per heavy atom. The normalized spacial score (nSPS) is 25.9. The fourth-order valence-electron chi connectivity index (χ4n) is 3.65.